The van der Waals surface area contributed by atoms with Gasteiger partial charge >= 0.3 is 0 Å². The molecule has 4 nitrogen and oxygen atoms in total. The van der Waals surface area contributed by atoms with Gasteiger partial charge in [0, 0.05) is 5.69 Å². The first kappa shape index (κ1) is 13.4. The summed E-state index contributed by atoms with van der Waals surface area (Å²) < 4.78 is 5.80. The Bertz CT molecular complexity index is 481. The Morgan fingerprint density at radius 3 is 2.95 bits per heavy atom. The number of piperidine rings is 1. The van der Waals surface area contributed by atoms with Crippen molar-refractivity contribution in [1.29, 1.82) is 0 Å². The standard InChI is InChI=1S/C16H22N2O2/c19-16-11-13-10-14(3-4-15(13)18-16)20-9-1-2-12-5-7-17-8-6-12/h3-4,10,12,17H,1-2,5-9,11H2,(H,18,19). The highest BCUT2D eigenvalue weighted by atomic mass is 16.5. The molecule has 0 radical (unpaired) electrons. The normalized spacial score (nSPS) is 18.7. The molecule has 0 bridgehead atoms. The Morgan fingerprint density at radius 2 is 2.10 bits per heavy atom. The minimum absolute atomic E-state index is 0.0723. The lowest BCUT2D eigenvalue weighted by Crippen LogP contribution is -2.27. The molecule has 0 atom stereocenters. The summed E-state index contributed by atoms with van der Waals surface area (Å²) in [5.74, 6) is 1.82. The fraction of sp³-hybridized carbons (Fsp3) is 0.562. The summed E-state index contributed by atoms with van der Waals surface area (Å²) in [7, 11) is 0. The number of carbonyl (C=O) groups excluding carboxylic acids is 1. The predicted molar refractivity (Wildman–Crippen MR) is 79.1 cm³/mol. The Hall–Kier alpha value is -1.55. The van der Waals surface area contributed by atoms with E-state index in [0.29, 0.717) is 6.42 Å². The molecule has 108 valence electrons. The van der Waals surface area contributed by atoms with E-state index in [1.54, 1.807) is 0 Å². The maximum atomic E-state index is 11.3. The van der Waals surface area contributed by atoms with Gasteiger partial charge < -0.3 is 15.4 Å². The van der Waals surface area contributed by atoms with Crippen molar-refractivity contribution >= 4 is 11.6 Å². The van der Waals surface area contributed by atoms with Crippen molar-refractivity contribution in [3.8, 4) is 5.75 Å². The summed E-state index contributed by atoms with van der Waals surface area (Å²) in [4.78, 5) is 11.3. The molecule has 2 aliphatic heterocycles. The number of benzene rings is 1. The summed E-state index contributed by atoms with van der Waals surface area (Å²) in [6, 6.07) is 5.86. The van der Waals surface area contributed by atoms with E-state index in [2.05, 4.69) is 10.6 Å². The van der Waals surface area contributed by atoms with Gasteiger partial charge in [-0.15, -0.1) is 0 Å². The number of nitrogens with one attached hydrogen (secondary N) is 2. The van der Waals surface area contributed by atoms with Crippen LogP contribution in [0.1, 0.15) is 31.2 Å². The second-order valence-corrected chi connectivity index (χ2v) is 5.73. The second kappa shape index (κ2) is 6.27. The molecule has 2 N–H and O–H groups in total. The third-order valence-electron chi connectivity index (χ3n) is 4.19. The lowest BCUT2D eigenvalue weighted by atomic mass is 9.93. The zero-order valence-electron chi connectivity index (χ0n) is 11.8. The number of amides is 1. The Morgan fingerprint density at radius 1 is 1.25 bits per heavy atom. The number of fused-ring (bicyclic) bond motifs is 1. The number of anilines is 1. The van der Waals surface area contributed by atoms with Crippen LogP contribution in [-0.4, -0.2) is 25.6 Å². The molecule has 1 aromatic rings. The topological polar surface area (TPSA) is 50.4 Å². The van der Waals surface area contributed by atoms with Crippen LogP contribution in [0.25, 0.3) is 0 Å². The molecule has 3 rings (SSSR count). The fourth-order valence-electron chi connectivity index (χ4n) is 3.03. The van der Waals surface area contributed by atoms with Crippen LogP contribution in [0.15, 0.2) is 18.2 Å². The molecule has 0 aromatic heterocycles. The van der Waals surface area contributed by atoms with Gasteiger partial charge in [0.2, 0.25) is 5.91 Å². The summed E-state index contributed by atoms with van der Waals surface area (Å²) in [5, 5.41) is 6.23. The molecule has 0 spiro atoms. The van der Waals surface area contributed by atoms with Gasteiger partial charge in [0.15, 0.2) is 0 Å². The molecule has 1 saturated heterocycles. The van der Waals surface area contributed by atoms with E-state index in [0.717, 1.165) is 49.0 Å². The van der Waals surface area contributed by atoms with E-state index in [-0.39, 0.29) is 5.91 Å². The van der Waals surface area contributed by atoms with Crippen LogP contribution in [0.2, 0.25) is 0 Å². The van der Waals surface area contributed by atoms with Gasteiger partial charge in [-0.25, -0.2) is 0 Å². The van der Waals surface area contributed by atoms with Gasteiger partial charge in [-0.1, -0.05) is 0 Å². The Balaban J connectivity index is 1.42. The third-order valence-corrected chi connectivity index (χ3v) is 4.19. The van der Waals surface area contributed by atoms with Crippen LogP contribution >= 0.6 is 0 Å². The number of hydrogen-bond acceptors (Lipinski definition) is 3. The number of ether oxygens (including phenoxy) is 1. The van der Waals surface area contributed by atoms with Crippen molar-refractivity contribution in [1.82, 2.24) is 5.32 Å². The largest absolute Gasteiger partial charge is 0.494 e. The molecule has 1 amide bonds. The quantitative estimate of drug-likeness (QED) is 0.810. The van der Waals surface area contributed by atoms with E-state index in [1.807, 2.05) is 18.2 Å². The van der Waals surface area contributed by atoms with Crippen molar-refractivity contribution in [2.75, 3.05) is 25.0 Å². The molecule has 20 heavy (non-hydrogen) atoms. The van der Waals surface area contributed by atoms with Crippen LogP contribution in [0.4, 0.5) is 5.69 Å². The van der Waals surface area contributed by atoms with E-state index >= 15 is 0 Å². The van der Waals surface area contributed by atoms with E-state index in [4.69, 9.17) is 4.74 Å². The molecular formula is C16H22N2O2. The number of hydrogen-bond donors (Lipinski definition) is 2. The second-order valence-electron chi connectivity index (χ2n) is 5.73. The van der Waals surface area contributed by atoms with Crippen molar-refractivity contribution in [2.24, 2.45) is 5.92 Å². The van der Waals surface area contributed by atoms with Crippen LogP contribution in [0, 0.1) is 5.92 Å². The minimum Gasteiger partial charge on any atom is -0.494 e. The van der Waals surface area contributed by atoms with Crippen LogP contribution < -0.4 is 15.4 Å². The van der Waals surface area contributed by atoms with E-state index in [1.165, 1.54) is 19.3 Å². The SMILES string of the molecule is O=C1Cc2cc(OCCCC3CCNCC3)ccc2N1. The monoisotopic (exact) mass is 274 g/mol. The summed E-state index contributed by atoms with van der Waals surface area (Å²) in [6.45, 7) is 3.10. The number of rotatable bonds is 5. The predicted octanol–water partition coefficient (Wildman–Crippen LogP) is 2.34. The molecule has 4 heteroatoms. The van der Waals surface area contributed by atoms with Crippen LogP contribution in [0.3, 0.4) is 0 Å². The first-order valence-electron chi connectivity index (χ1n) is 7.57. The average molecular weight is 274 g/mol. The molecule has 0 aliphatic carbocycles. The van der Waals surface area contributed by atoms with Crippen molar-refractivity contribution < 1.29 is 9.53 Å². The number of carbonyl (C=O) groups is 1. The fourth-order valence-corrected chi connectivity index (χ4v) is 3.03. The average Bonchev–Trinajstić information content (AvgIpc) is 2.84. The van der Waals surface area contributed by atoms with Crippen LogP contribution in [0.5, 0.6) is 5.75 Å². The van der Waals surface area contributed by atoms with E-state index < -0.39 is 0 Å². The van der Waals surface area contributed by atoms with Gasteiger partial charge in [-0.05, 0) is 68.5 Å². The molecule has 2 heterocycles. The van der Waals surface area contributed by atoms with Gasteiger partial charge in [0.25, 0.3) is 0 Å². The molecule has 0 saturated carbocycles. The van der Waals surface area contributed by atoms with Crippen molar-refractivity contribution in [2.45, 2.75) is 32.1 Å². The van der Waals surface area contributed by atoms with Gasteiger partial charge in [0.05, 0.1) is 13.0 Å². The molecular weight excluding hydrogens is 252 g/mol. The maximum Gasteiger partial charge on any atom is 0.228 e. The molecule has 0 unspecified atom stereocenters. The molecule has 2 aliphatic rings. The first-order chi connectivity index (χ1) is 9.81. The van der Waals surface area contributed by atoms with Crippen molar-refractivity contribution in [3.63, 3.8) is 0 Å². The highest BCUT2D eigenvalue weighted by Gasteiger charge is 2.17. The summed E-state index contributed by atoms with van der Waals surface area (Å²) in [6.07, 6.45) is 5.44. The Labute approximate surface area is 119 Å². The molecule has 1 aromatic carbocycles. The summed E-state index contributed by atoms with van der Waals surface area (Å²) >= 11 is 0. The minimum atomic E-state index is 0.0723. The van der Waals surface area contributed by atoms with Gasteiger partial charge in [-0.2, -0.15) is 0 Å². The maximum absolute atomic E-state index is 11.3. The first-order valence-corrected chi connectivity index (χ1v) is 7.57. The zero-order valence-corrected chi connectivity index (χ0v) is 11.8. The molecule has 1 fully saturated rings. The highest BCUT2D eigenvalue weighted by molar-refractivity contribution is 5.99. The van der Waals surface area contributed by atoms with Crippen LogP contribution in [-0.2, 0) is 11.2 Å². The lowest BCUT2D eigenvalue weighted by molar-refractivity contribution is -0.115. The summed E-state index contributed by atoms with van der Waals surface area (Å²) in [5.41, 5.74) is 1.97. The van der Waals surface area contributed by atoms with Gasteiger partial charge in [-0.3, -0.25) is 4.79 Å². The van der Waals surface area contributed by atoms with Crippen molar-refractivity contribution in [3.05, 3.63) is 23.8 Å². The van der Waals surface area contributed by atoms with Gasteiger partial charge in [0.1, 0.15) is 5.75 Å². The third kappa shape index (κ3) is 3.31. The highest BCUT2D eigenvalue weighted by Crippen LogP contribution is 2.27. The Kier molecular flexibility index (Phi) is 4.21. The van der Waals surface area contributed by atoms with E-state index in [9.17, 15) is 4.79 Å². The lowest BCUT2D eigenvalue weighted by Gasteiger charge is -2.22. The zero-order chi connectivity index (χ0) is 13.8. The smallest absolute Gasteiger partial charge is 0.228 e.